The predicted molar refractivity (Wildman–Crippen MR) is 122 cm³/mol. The third kappa shape index (κ3) is 5.12. The molecule has 3 aromatic rings. The van der Waals surface area contributed by atoms with Crippen molar-refractivity contribution in [3.05, 3.63) is 71.5 Å². The van der Waals surface area contributed by atoms with Crippen molar-refractivity contribution in [2.45, 2.75) is 29.7 Å². The summed E-state index contributed by atoms with van der Waals surface area (Å²) in [7, 11) is 0. The minimum atomic E-state index is -0.103. The van der Waals surface area contributed by atoms with E-state index < -0.39 is 0 Å². The van der Waals surface area contributed by atoms with Gasteiger partial charge in [-0.3, -0.25) is 4.79 Å². The summed E-state index contributed by atoms with van der Waals surface area (Å²) in [6.07, 6.45) is 5.22. The summed E-state index contributed by atoms with van der Waals surface area (Å²) in [5, 5.41) is 4.52. The molecular formula is C23H23ClN4OS. The van der Waals surface area contributed by atoms with Gasteiger partial charge in [0.15, 0.2) is 5.82 Å². The Balaban J connectivity index is 1.47. The molecule has 1 atom stereocenters. The molecule has 1 amide bonds. The van der Waals surface area contributed by atoms with Crippen LogP contribution in [0.25, 0.3) is 0 Å². The molecule has 0 saturated carbocycles. The number of benzene rings is 2. The lowest BCUT2D eigenvalue weighted by Gasteiger charge is -2.33. The highest BCUT2D eigenvalue weighted by Gasteiger charge is 2.28. The molecule has 5 nitrogen and oxygen atoms in total. The van der Waals surface area contributed by atoms with Crippen LogP contribution in [0.5, 0.6) is 0 Å². The van der Waals surface area contributed by atoms with Gasteiger partial charge in [-0.25, -0.2) is 9.97 Å². The molecule has 1 fully saturated rings. The van der Waals surface area contributed by atoms with Crippen molar-refractivity contribution < 1.29 is 4.79 Å². The first-order valence-electron chi connectivity index (χ1n) is 9.95. The molecule has 7 heteroatoms. The Morgan fingerprint density at radius 1 is 1.10 bits per heavy atom. The highest BCUT2D eigenvalue weighted by Crippen LogP contribution is 2.34. The Kier molecular flexibility index (Phi) is 6.55. The molecule has 1 saturated heterocycles. The molecule has 0 unspecified atom stereocenters. The van der Waals surface area contributed by atoms with E-state index in [9.17, 15) is 4.79 Å². The van der Waals surface area contributed by atoms with Crippen molar-refractivity contribution in [2.24, 2.45) is 5.92 Å². The van der Waals surface area contributed by atoms with E-state index >= 15 is 0 Å². The second-order valence-corrected chi connectivity index (χ2v) is 8.88. The van der Waals surface area contributed by atoms with Gasteiger partial charge >= 0.3 is 0 Å². The van der Waals surface area contributed by atoms with Crippen molar-refractivity contribution in [2.75, 3.05) is 23.3 Å². The normalized spacial score (nSPS) is 16.3. The van der Waals surface area contributed by atoms with Gasteiger partial charge in [-0.2, -0.15) is 0 Å². The summed E-state index contributed by atoms with van der Waals surface area (Å²) < 4.78 is 0. The quantitative estimate of drug-likeness (QED) is 0.574. The largest absolute Gasteiger partial charge is 0.354 e. The number of hydrogen-bond donors (Lipinski definition) is 1. The number of amides is 1. The van der Waals surface area contributed by atoms with E-state index in [4.69, 9.17) is 11.6 Å². The molecule has 0 bridgehead atoms. The van der Waals surface area contributed by atoms with Crippen molar-refractivity contribution in [3.63, 3.8) is 0 Å². The van der Waals surface area contributed by atoms with E-state index in [-0.39, 0.29) is 11.8 Å². The molecule has 2 aromatic carbocycles. The molecule has 154 valence electrons. The number of anilines is 2. The van der Waals surface area contributed by atoms with Crippen molar-refractivity contribution in [1.29, 1.82) is 0 Å². The average molecular weight is 439 g/mol. The molecule has 0 aliphatic carbocycles. The highest BCUT2D eigenvalue weighted by molar-refractivity contribution is 7.99. The first-order valence-corrected chi connectivity index (χ1v) is 11.1. The third-order valence-electron chi connectivity index (χ3n) is 5.09. The lowest BCUT2D eigenvalue weighted by molar-refractivity contribution is -0.120. The lowest BCUT2D eigenvalue weighted by Crippen LogP contribution is -2.41. The number of aryl methyl sites for hydroxylation is 1. The zero-order valence-corrected chi connectivity index (χ0v) is 18.3. The standard InChI is InChI=1S/C23H23ClN4OS/c1-16-4-10-20(11-5-16)30-23-21(25-12-13-26-23)28-14-2-3-17(15-28)22(29)27-19-8-6-18(24)7-9-19/h4-13,17H,2-3,14-15H2,1H3,(H,27,29)/t17-/m0/s1. The molecule has 1 N–H and O–H groups in total. The summed E-state index contributed by atoms with van der Waals surface area (Å²) in [4.78, 5) is 25.3. The van der Waals surface area contributed by atoms with Crippen LogP contribution < -0.4 is 10.2 Å². The second-order valence-electron chi connectivity index (χ2n) is 7.38. The topological polar surface area (TPSA) is 58.1 Å². The number of nitrogens with zero attached hydrogens (tertiary/aromatic N) is 3. The zero-order valence-electron chi connectivity index (χ0n) is 16.7. The number of carbonyl (C=O) groups is 1. The first-order chi connectivity index (χ1) is 14.6. The highest BCUT2D eigenvalue weighted by atomic mass is 35.5. The van der Waals surface area contributed by atoms with Crippen LogP contribution in [-0.4, -0.2) is 29.0 Å². The Morgan fingerprint density at radius 3 is 2.60 bits per heavy atom. The number of halogens is 1. The van der Waals surface area contributed by atoms with E-state index in [0.29, 0.717) is 11.6 Å². The van der Waals surface area contributed by atoms with Gasteiger partial charge in [0, 0.05) is 41.1 Å². The first kappa shape index (κ1) is 20.7. The van der Waals surface area contributed by atoms with Gasteiger partial charge < -0.3 is 10.2 Å². The minimum Gasteiger partial charge on any atom is -0.354 e. The van der Waals surface area contributed by atoms with Crippen molar-refractivity contribution in [3.8, 4) is 0 Å². The van der Waals surface area contributed by atoms with Gasteiger partial charge in [-0.05, 0) is 56.2 Å². The fourth-order valence-electron chi connectivity index (χ4n) is 3.49. The Labute approximate surface area is 185 Å². The Hall–Kier alpha value is -2.57. The van der Waals surface area contributed by atoms with E-state index in [2.05, 4.69) is 51.4 Å². The molecular weight excluding hydrogens is 416 g/mol. The summed E-state index contributed by atoms with van der Waals surface area (Å²) >= 11 is 7.53. The fraction of sp³-hybridized carbons (Fsp3) is 0.261. The van der Waals surface area contributed by atoms with Crippen LogP contribution in [0, 0.1) is 12.8 Å². The third-order valence-corrected chi connectivity index (χ3v) is 6.33. The van der Waals surface area contributed by atoms with Gasteiger partial charge in [0.05, 0.1) is 5.92 Å². The van der Waals surface area contributed by atoms with E-state index in [1.807, 2.05) is 12.1 Å². The van der Waals surface area contributed by atoms with Gasteiger partial charge in [-0.15, -0.1) is 0 Å². The van der Waals surface area contributed by atoms with Crippen LogP contribution in [0.15, 0.2) is 70.8 Å². The van der Waals surface area contributed by atoms with Crippen LogP contribution in [0.2, 0.25) is 5.02 Å². The van der Waals surface area contributed by atoms with Gasteiger partial charge in [0.1, 0.15) is 5.03 Å². The second kappa shape index (κ2) is 9.49. The number of nitrogens with one attached hydrogen (secondary N) is 1. The molecule has 1 aromatic heterocycles. The molecule has 4 rings (SSSR count). The van der Waals surface area contributed by atoms with Gasteiger partial charge in [0.25, 0.3) is 0 Å². The average Bonchev–Trinajstić information content (AvgIpc) is 2.77. The summed E-state index contributed by atoms with van der Waals surface area (Å²) in [5.41, 5.74) is 1.99. The maximum absolute atomic E-state index is 12.8. The minimum absolute atomic E-state index is 0.0265. The number of aromatic nitrogens is 2. The summed E-state index contributed by atoms with van der Waals surface area (Å²) in [6.45, 7) is 3.57. The van der Waals surface area contributed by atoms with Crippen LogP contribution in [-0.2, 0) is 4.79 Å². The van der Waals surface area contributed by atoms with Crippen molar-refractivity contribution >= 4 is 40.8 Å². The zero-order chi connectivity index (χ0) is 20.9. The number of carbonyl (C=O) groups excluding carboxylic acids is 1. The lowest BCUT2D eigenvalue weighted by atomic mass is 9.97. The molecule has 30 heavy (non-hydrogen) atoms. The van der Waals surface area contributed by atoms with Crippen LogP contribution >= 0.6 is 23.4 Å². The van der Waals surface area contributed by atoms with Crippen LogP contribution in [0.4, 0.5) is 11.5 Å². The maximum atomic E-state index is 12.8. The molecule has 0 radical (unpaired) electrons. The van der Waals surface area contributed by atoms with Gasteiger partial charge in [0.2, 0.25) is 5.91 Å². The summed E-state index contributed by atoms with van der Waals surface area (Å²) in [5.74, 6) is 0.763. The monoisotopic (exact) mass is 438 g/mol. The van der Waals surface area contributed by atoms with E-state index in [1.54, 1.807) is 36.3 Å². The maximum Gasteiger partial charge on any atom is 0.229 e. The fourth-order valence-corrected chi connectivity index (χ4v) is 4.49. The SMILES string of the molecule is Cc1ccc(Sc2nccnc2N2CCC[C@H](C(=O)Nc3ccc(Cl)cc3)C2)cc1. The van der Waals surface area contributed by atoms with Gasteiger partial charge in [-0.1, -0.05) is 41.1 Å². The predicted octanol–water partition coefficient (Wildman–Crippen LogP) is 5.44. The van der Waals surface area contributed by atoms with Crippen LogP contribution in [0.1, 0.15) is 18.4 Å². The Morgan fingerprint density at radius 2 is 1.83 bits per heavy atom. The molecule has 0 spiro atoms. The van der Waals surface area contributed by atoms with Crippen molar-refractivity contribution in [1.82, 2.24) is 9.97 Å². The van der Waals surface area contributed by atoms with Crippen LogP contribution in [0.3, 0.4) is 0 Å². The number of rotatable bonds is 5. The Bertz CT molecular complexity index is 1010. The molecule has 1 aliphatic rings. The summed E-state index contributed by atoms with van der Waals surface area (Å²) in [6, 6.07) is 15.6. The molecule has 2 heterocycles. The van der Waals surface area contributed by atoms with E-state index in [0.717, 1.165) is 40.8 Å². The number of hydrogen-bond acceptors (Lipinski definition) is 5. The smallest absolute Gasteiger partial charge is 0.229 e. The van der Waals surface area contributed by atoms with E-state index in [1.165, 1.54) is 5.56 Å². The number of piperidine rings is 1. The molecule has 1 aliphatic heterocycles.